The molecule has 0 aromatic heterocycles. The molecule has 0 heterocycles. The molecule has 6 heteroatoms. The van der Waals surface area contributed by atoms with Crippen molar-refractivity contribution in [3.63, 3.8) is 0 Å². The molecule has 1 saturated carbocycles. The average molecular weight is 355 g/mol. The van der Waals surface area contributed by atoms with E-state index >= 15 is 0 Å². The molecule has 5 nitrogen and oxygen atoms in total. The van der Waals surface area contributed by atoms with Gasteiger partial charge in [-0.15, -0.1) is 0 Å². The number of carboxylic acid groups (broad SMARTS) is 1. The van der Waals surface area contributed by atoms with Gasteiger partial charge in [0.2, 0.25) is 0 Å². The summed E-state index contributed by atoms with van der Waals surface area (Å²) < 4.78 is 0.717. The minimum absolute atomic E-state index is 0.0744. The van der Waals surface area contributed by atoms with Crippen molar-refractivity contribution in [3.8, 4) is 0 Å². The molecule has 21 heavy (non-hydrogen) atoms. The molecule has 0 saturated heterocycles. The SMILES string of the molecule is CC1CCCC(NC(=O)Nc2cc(Br)ccc2C(=O)O)C1. The van der Waals surface area contributed by atoms with E-state index in [1.54, 1.807) is 12.1 Å². The molecule has 1 aliphatic carbocycles. The van der Waals surface area contributed by atoms with Crippen LogP contribution >= 0.6 is 15.9 Å². The predicted octanol–water partition coefficient (Wildman–Crippen LogP) is 3.85. The summed E-state index contributed by atoms with van der Waals surface area (Å²) >= 11 is 3.28. The van der Waals surface area contributed by atoms with Crippen molar-refractivity contribution in [3.05, 3.63) is 28.2 Å². The lowest BCUT2D eigenvalue weighted by Gasteiger charge is -2.27. The van der Waals surface area contributed by atoms with Crippen molar-refractivity contribution in [1.82, 2.24) is 5.32 Å². The number of carbonyl (C=O) groups excluding carboxylic acids is 1. The molecule has 1 aromatic rings. The molecule has 3 N–H and O–H groups in total. The second-order valence-electron chi connectivity index (χ2n) is 5.56. The van der Waals surface area contributed by atoms with Crippen molar-refractivity contribution in [2.75, 3.05) is 5.32 Å². The summed E-state index contributed by atoms with van der Waals surface area (Å²) in [5, 5.41) is 14.7. The first kappa shape index (κ1) is 15.8. The van der Waals surface area contributed by atoms with Gasteiger partial charge in [-0.25, -0.2) is 9.59 Å². The molecule has 0 bridgehead atoms. The number of carbonyl (C=O) groups is 2. The van der Waals surface area contributed by atoms with Gasteiger partial charge >= 0.3 is 12.0 Å². The first-order chi connectivity index (χ1) is 9.95. The predicted molar refractivity (Wildman–Crippen MR) is 84.7 cm³/mol. The number of carboxylic acids is 1. The Balaban J connectivity index is 2.02. The van der Waals surface area contributed by atoms with Crippen LogP contribution in [0.5, 0.6) is 0 Å². The Morgan fingerprint density at radius 3 is 2.76 bits per heavy atom. The van der Waals surface area contributed by atoms with Crippen molar-refractivity contribution in [2.45, 2.75) is 38.6 Å². The van der Waals surface area contributed by atoms with E-state index in [-0.39, 0.29) is 17.6 Å². The molecule has 0 aliphatic heterocycles. The topological polar surface area (TPSA) is 78.4 Å². The fraction of sp³-hybridized carbons (Fsp3) is 0.467. The zero-order valence-electron chi connectivity index (χ0n) is 11.9. The van der Waals surface area contributed by atoms with Crippen molar-refractivity contribution >= 4 is 33.6 Å². The summed E-state index contributed by atoms with van der Waals surface area (Å²) in [5.74, 6) is -0.450. The van der Waals surface area contributed by atoms with E-state index in [9.17, 15) is 9.59 Å². The summed E-state index contributed by atoms with van der Waals surface area (Å²) in [7, 11) is 0. The normalized spacial score (nSPS) is 21.6. The fourth-order valence-electron chi connectivity index (χ4n) is 2.72. The summed E-state index contributed by atoms with van der Waals surface area (Å²) in [4.78, 5) is 23.2. The van der Waals surface area contributed by atoms with E-state index in [0.717, 1.165) is 19.3 Å². The van der Waals surface area contributed by atoms with Gasteiger partial charge in [0.05, 0.1) is 11.3 Å². The third kappa shape index (κ3) is 4.46. The minimum Gasteiger partial charge on any atom is -0.478 e. The second kappa shape index (κ2) is 6.93. The number of hydrogen-bond acceptors (Lipinski definition) is 2. The Morgan fingerprint density at radius 1 is 1.33 bits per heavy atom. The Morgan fingerprint density at radius 2 is 2.10 bits per heavy atom. The number of urea groups is 1. The first-order valence-corrected chi connectivity index (χ1v) is 7.85. The van der Waals surface area contributed by atoms with Crippen LogP contribution in [0.15, 0.2) is 22.7 Å². The monoisotopic (exact) mass is 354 g/mol. The Labute approximate surface area is 132 Å². The fourth-order valence-corrected chi connectivity index (χ4v) is 3.08. The molecule has 2 unspecified atom stereocenters. The van der Waals surface area contributed by atoms with Crippen LogP contribution in [0.2, 0.25) is 0 Å². The first-order valence-electron chi connectivity index (χ1n) is 7.06. The molecule has 2 atom stereocenters. The van der Waals surface area contributed by atoms with E-state index in [1.165, 1.54) is 12.5 Å². The molecular formula is C15H19BrN2O3. The number of benzene rings is 1. The molecule has 0 radical (unpaired) electrons. The minimum atomic E-state index is -1.07. The lowest BCUT2D eigenvalue weighted by Crippen LogP contribution is -2.40. The largest absolute Gasteiger partial charge is 0.478 e. The van der Waals surface area contributed by atoms with Crippen LogP contribution in [0, 0.1) is 5.92 Å². The van der Waals surface area contributed by atoms with Gasteiger partial charge in [-0.1, -0.05) is 35.7 Å². The number of amides is 2. The van der Waals surface area contributed by atoms with E-state index in [2.05, 4.69) is 33.5 Å². The maximum absolute atomic E-state index is 12.0. The Kier molecular flexibility index (Phi) is 5.22. The van der Waals surface area contributed by atoms with Crippen LogP contribution in [0.25, 0.3) is 0 Å². The third-order valence-electron chi connectivity index (χ3n) is 3.73. The van der Waals surface area contributed by atoms with Crippen molar-refractivity contribution in [2.24, 2.45) is 5.92 Å². The average Bonchev–Trinajstić information content (AvgIpc) is 2.38. The molecule has 2 rings (SSSR count). The van der Waals surface area contributed by atoms with Gasteiger partial charge in [0.25, 0.3) is 0 Å². The van der Waals surface area contributed by atoms with Crippen LogP contribution in [0.3, 0.4) is 0 Å². The lowest BCUT2D eigenvalue weighted by atomic mass is 9.87. The Hall–Kier alpha value is -1.56. The number of nitrogens with one attached hydrogen (secondary N) is 2. The number of rotatable bonds is 3. The van der Waals surface area contributed by atoms with Gasteiger partial charge in [0.15, 0.2) is 0 Å². The van der Waals surface area contributed by atoms with Crippen LogP contribution in [0.4, 0.5) is 10.5 Å². The quantitative estimate of drug-likeness (QED) is 0.771. The van der Waals surface area contributed by atoms with E-state index in [4.69, 9.17) is 5.11 Å². The van der Waals surface area contributed by atoms with Crippen LogP contribution in [-0.2, 0) is 0 Å². The van der Waals surface area contributed by atoms with Gasteiger partial charge in [-0.3, -0.25) is 0 Å². The van der Waals surface area contributed by atoms with Gasteiger partial charge in [-0.05, 0) is 37.0 Å². The molecule has 114 valence electrons. The molecule has 1 aromatic carbocycles. The summed E-state index contributed by atoms with van der Waals surface area (Å²) in [6.07, 6.45) is 4.26. The van der Waals surface area contributed by atoms with Crippen molar-refractivity contribution < 1.29 is 14.7 Å². The smallest absolute Gasteiger partial charge is 0.337 e. The highest BCUT2D eigenvalue weighted by atomic mass is 79.9. The summed E-state index contributed by atoms with van der Waals surface area (Å²) in [6, 6.07) is 4.50. The van der Waals surface area contributed by atoms with Gasteiger partial charge in [-0.2, -0.15) is 0 Å². The standard InChI is InChI=1S/C15H19BrN2O3/c1-9-3-2-4-11(7-9)17-15(21)18-13-8-10(16)5-6-12(13)14(19)20/h5-6,8-9,11H,2-4,7H2,1H3,(H,19,20)(H2,17,18,21). The van der Waals surface area contributed by atoms with E-state index in [0.29, 0.717) is 16.1 Å². The summed E-state index contributed by atoms with van der Waals surface area (Å²) in [6.45, 7) is 2.18. The van der Waals surface area contributed by atoms with Gasteiger partial charge in [0.1, 0.15) is 0 Å². The maximum atomic E-state index is 12.0. The van der Waals surface area contributed by atoms with Crippen LogP contribution in [0.1, 0.15) is 43.0 Å². The molecule has 2 amide bonds. The number of hydrogen-bond donors (Lipinski definition) is 3. The van der Waals surface area contributed by atoms with Crippen LogP contribution < -0.4 is 10.6 Å². The maximum Gasteiger partial charge on any atom is 0.337 e. The zero-order valence-corrected chi connectivity index (χ0v) is 13.4. The van der Waals surface area contributed by atoms with E-state index in [1.807, 2.05) is 0 Å². The number of aromatic carboxylic acids is 1. The van der Waals surface area contributed by atoms with Crippen molar-refractivity contribution in [1.29, 1.82) is 0 Å². The number of anilines is 1. The van der Waals surface area contributed by atoms with Gasteiger partial charge in [0, 0.05) is 10.5 Å². The number of halogens is 1. The third-order valence-corrected chi connectivity index (χ3v) is 4.23. The van der Waals surface area contributed by atoms with Gasteiger partial charge < -0.3 is 15.7 Å². The Bertz CT molecular complexity index is 548. The highest BCUT2D eigenvalue weighted by molar-refractivity contribution is 9.10. The zero-order chi connectivity index (χ0) is 15.4. The molecule has 1 fully saturated rings. The van der Waals surface area contributed by atoms with E-state index < -0.39 is 5.97 Å². The summed E-state index contributed by atoms with van der Waals surface area (Å²) in [5.41, 5.74) is 0.364. The lowest BCUT2D eigenvalue weighted by molar-refractivity contribution is 0.0698. The highest BCUT2D eigenvalue weighted by Gasteiger charge is 2.21. The van der Waals surface area contributed by atoms with Crippen LogP contribution in [-0.4, -0.2) is 23.1 Å². The molecule has 1 aliphatic rings. The second-order valence-corrected chi connectivity index (χ2v) is 6.48. The molecule has 0 spiro atoms. The molecular weight excluding hydrogens is 336 g/mol. The highest BCUT2D eigenvalue weighted by Crippen LogP contribution is 2.24.